The van der Waals surface area contributed by atoms with Gasteiger partial charge in [-0.1, -0.05) is 29.3 Å². The van der Waals surface area contributed by atoms with Crippen LogP contribution < -0.4 is 14.8 Å². The molecule has 0 saturated heterocycles. The molecule has 9 heteroatoms. The van der Waals surface area contributed by atoms with Crippen LogP contribution in [0.25, 0.3) is 0 Å². The SMILES string of the molecule is CCOc1ccc(S(=O)(=O)N[C@H](C)C(=O)Nc2c(Cl)cccc2Cl)cc1. The molecule has 0 aliphatic rings. The van der Waals surface area contributed by atoms with Crippen molar-refractivity contribution in [3.05, 3.63) is 52.5 Å². The molecule has 26 heavy (non-hydrogen) atoms. The van der Waals surface area contributed by atoms with Crippen molar-refractivity contribution >= 4 is 44.8 Å². The second-order valence-corrected chi connectivity index (χ2v) is 7.86. The summed E-state index contributed by atoms with van der Waals surface area (Å²) in [6.45, 7) is 3.73. The molecule has 2 aromatic carbocycles. The van der Waals surface area contributed by atoms with Gasteiger partial charge in [-0.15, -0.1) is 0 Å². The number of anilines is 1. The normalized spacial score (nSPS) is 12.5. The highest BCUT2D eigenvalue weighted by molar-refractivity contribution is 7.89. The molecule has 6 nitrogen and oxygen atoms in total. The summed E-state index contributed by atoms with van der Waals surface area (Å²) in [5.41, 5.74) is 0.230. The van der Waals surface area contributed by atoms with Crippen LogP contribution in [0.15, 0.2) is 47.4 Å². The zero-order chi connectivity index (χ0) is 19.3. The maximum absolute atomic E-state index is 12.4. The van der Waals surface area contributed by atoms with Crippen molar-refractivity contribution in [2.45, 2.75) is 24.8 Å². The van der Waals surface area contributed by atoms with Crippen LogP contribution in [0.1, 0.15) is 13.8 Å². The number of amides is 1. The van der Waals surface area contributed by atoms with E-state index in [1.807, 2.05) is 6.92 Å². The minimum atomic E-state index is -3.88. The number of sulfonamides is 1. The second-order valence-electron chi connectivity index (χ2n) is 5.33. The summed E-state index contributed by atoms with van der Waals surface area (Å²) < 4.78 is 32.4. The highest BCUT2D eigenvalue weighted by Gasteiger charge is 2.23. The number of rotatable bonds is 7. The number of carbonyl (C=O) groups is 1. The first kappa shape index (κ1) is 20.5. The summed E-state index contributed by atoms with van der Waals surface area (Å²) >= 11 is 12.0. The highest BCUT2D eigenvalue weighted by atomic mass is 35.5. The van der Waals surface area contributed by atoms with Gasteiger partial charge >= 0.3 is 0 Å². The molecular weight excluding hydrogens is 399 g/mol. The van der Waals surface area contributed by atoms with Gasteiger partial charge in [-0.3, -0.25) is 4.79 Å². The molecule has 2 aromatic rings. The van der Waals surface area contributed by atoms with Gasteiger partial charge in [0.05, 0.1) is 33.3 Å². The molecule has 0 unspecified atom stereocenters. The summed E-state index contributed by atoms with van der Waals surface area (Å²) in [6.07, 6.45) is 0. The van der Waals surface area contributed by atoms with Crippen LogP contribution in [0.2, 0.25) is 10.0 Å². The van der Waals surface area contributed by atoms with E-state index in [0.717, 1.165) is 0 Å². The molecule has 0 spiro atoms. The number of para-hydroxylation sites is 1. The molecule has 0 fully saturated rings. The lowest BCUT2D eigenvalue weighted by molar-refractivity contribution is -0.117. The Morgan fingerprint density at radius 2 is 1.69 bits per heavy atom. The maximum Gasteiger partial charge on any atom is 0.242 e. The summed E-state index contributed by atoms with van der Waals surface area (Å²) in [6, 6.07) is 9.64. The van der Waals surface area contributed by atoms with Crippen molar-refractivity contribution in [1.29, 1.82) is 0 Å². The van der Waals surface area contributed by atoms with E-state index in [2.05, 4.69) is 10.0 Å². The quantitative estimate of drug-likeness (QED) is 0.720. The average molecular weight is 417 g/mol. The highest BCUT2D eigenvalue weighted by Crippen LogP contribution is 2.29. The van der Waals surface area contributed by atoms with Gasteiger partial charge < -0.3 is 10.1 Å². The summed E-state index contributed by atoms with van der Waals surface area (Å²) in [5.74, 6) is -0.0277. The fraction of sp³-hybridized carbons (Fsp3) is 0.235. The Labute approximate surface area is 162 Å². The van der Waals surface area contributed by atoms with E-state index in [-0.39, 0.29) is 20.6 Å². The van der Waals surface area contributed by atoms with Crippen LogP contribution in [0, 0.1) is 0 Å². The average Bonchev–Trinajstić information content (AvgIpc) is 2.58. The van der Waals surface area contributed by atoms with Gasteiger partial charge in [0.25, 0.3) is 0 Å². The lowest BCUT2D eigenvalue weighted by Gasteiger charge is -2.16. The lowest BCUT2D eigenvalue weighted by atomic mass is 10.3. The smallest absolute Gasteiger partial charge is 0.242 e. The topological polar surface area (TPSA) is 84.5 Å². The molecule has 140 valence electrons. The second kappa shape index (κ2) is 8.73. The Bertz CT molecular complexity index is 866. The van der Waals surface area contributed by atoms with Crippen LogP contribution in [-0.2, 0) is 14.8 Å². The molecular formula is C17H18Cl2N2O4S. The third-order valence-corrected chi connectivity index (χ3v) is 5.57. The van der Waals surface area contributed by atoms with Crippen LogP contribution >= 0.6 is 23.2 Å². The summed E-state index contributed by atoms with van der Waals surface area (Å²) in [7, 11) is -3.88. The number of nitrogens with one attached hydrogen (secondary N) is 2. The minimum Gasteiger partial charge on any atom is -0.494 e. The van der Waals surface area contributed by atoms with Crippen molar-refractivity contribution in [3.63, 3.8) is 0 Å². The van der Waals surface area contributed by atoms with Gasteiger partial charge in [0, 0.05) is 0 Å². The van der Waals surface area contributed by atoms with Gasteiger partial charge in [0.2, 0.25) is 15.9 Å². The maximum atomic E-state index is 12.4. The zero-order valence-electron chi connectivity index (χ0n) is 14.1. The van der Waals surface area contributed by atoms with E-state index < -0.39 is 22.0 Å². The molecule has 0 aromatic heterocycles. The number of hydrogen-bond donors (Lipinski definition) is 2. The molecule has 0 radical (unpaired) electrons. The standard InChI is InChI=1S/C17H18Cl2N2O4S/c1-3-25-12-7-9-13(10-8-12)26(23,24)21-11(2)17(22)20-16-14(18)5-4-6-15(16)19/h4-11,21H,3H2,1-2H3,(H,20,22)/t11-/m1/s1. The predicted molar refractivity (Wildman–Crippen MR) is 102 cm³/mol. The van der Waals surface area contributed by atoms with Gasteiger partial charge in [0.1, 0.15) is 5.75 Å². The Kier molecular flexibility index (Phi) is 6.88. The van der Waals surface area contributed by atoms with E-state index in [0.29, 0.717) is 12.4 Å². The van der Waals surface area contributed by atoms with E-state index in [4.69, 9.17) is 27.9 Å². The minimum absolute atomic E-state index is 0.0244. The number of ether oxygens (including phenoxy) is 1. The number of carbonyl (C=O) groups excluding carboxylic acids is 1. The molecule has 0 aliphatic carbocycles. The van der Waals surface area contributed by atoms with E-state index in [1.54, 1.807) is 30.3 Å². The first-order valence-corrected chi connectivity index (χ1v) is 9.98. The van der Waals surface area contributed by atoms with E-state index in [9.17, 15) is 13.2 Å². The summed E-state index contributed by atoms with van der Waals surface area (Å²) in [5, 5.41) is 3.04. The third kappa shape index (κ3) is 5.11. The van der Waals surface area contributed by atoms with Gasteiger partial charge in [-0.2, -0.15) is 4.72 Å². The molecule has 1 amide bonds. The first-order chi connectivity index (χ1) is 12.2. The van der Waals surface area contributed by atoms with Crippen LogP contribution in [-0.4, -0.2) is 27.0 Å². The van der Waals surface area contributed by atoms with Crippen molar-refractivity contribution in [1.82, 2.24) is 4.72 Å². The molecule has 0 bridgehead atoms. The van der Waals surface area contributed by atoms with E-state index >= 15 is 0 Å². The first-order valence-electron chi connectivity index (χ1n) is 7.74. The summed E-state index contributed by atoms with van der Waals surface area (Å²) in [4.78, 5) is 12.3. The predicted octanol–water partition coefficient (Wildman–Crippen LogP) is 3.70. The largest absolute Gasteiger partial charge is 0.494 e. The van der Waals surface area contributed by atoms with Crippen molar-refractivity contribution in [2.75, 3.05) is 11.9 Å². The fourth-order valence-electron chi connectivity index (χ4n) is 2.08. The Balaban J connectivity index is 2.09. The van der Waals surface area contributed by atoms with Crippen LogP contribution in [0.3, 0.4) is 0 Å². The third-order valence-electron chi connectivity index (χ3n) is 3.38. The Morgan fingerprint density at radius 1 is 1.12 bits per heavy atom. The zero-order valence-corrected chi connectivity index (χ0v) is 16.5. The Morgan fingerprint density at radius 3 is 2.23 bits per heavy atom. The molecule has 2 rings (SSSR count). The van der Waals surface area contributed by atoms with Gasteiger partial charge in [-0.05, 0) is 50.2 Å². The van der Waals surface area contributed by atoms with Crippen LogP contribution in [0.5, 0.6) is 5.75 Å². The van der Waals surface area contributed by atoms with E-state index in [1.165, 1.54) is 19.1 Å². The monoisotopic (exact) mass is 416 g/mol. The number of hydrogen-bond acceptors (Lipinski definition) is 4. The molecule has 1 atom stereocenters. The lowest BCUT2D eigenvalue weighted by Crippen LogP contribution is -2.41. The van der Waals surface area contributed by atoms with Gasteiger partial charge in [-0.25, -0.2) is 8.42 Å². The number of benzene rings is 2. The molecule has 0 heterocycles. The van der Waals surface area contributed by atoms with Crippen molar-refractivity contribution < 1.29 is 17.9 Å². The van der Waals surface area contributed by atoms with Crippen LogP contribution in [0.4, 0.5) is 5.69 Å². The fourth-order valence-corrected chi connectivity index (χ4v) is 3.78. The molecule has 2 N–H and O–H groups in total. The van der Waals surface area contributed by atoms with Gasteiger partial charge in [0.15, 0.2) is 0 Å². The van der Waals surface area contributed by atoms with Crippen molar-refractivity contribution in [2.24, 2.45) is 0 Å². The Hall–Kier alpha value is -1.80. The molecule has 0 aliphatic heterocycles. The molecule has 0 saturated carbocycles. The number of halogens is 2. The van der Waals surface area contributed by atoms with Crippen molar-refractivity contribution in [3.8, 4) is 5.75 Å².